The largest absolute Gasteiger partial charge is 0.383 e. The van der Waals surface area contributed by atoms with Crippen LogP contribution in [0.5, 0.6) is 0 Å². The highest BCUT2D eigenvalue weighted by molar-refractivity contribution is 6.21. The van der Waals surface area contributed by atoms with Gasteiger partial charge in [0.05, 0.1) is 12.0 Å². The first-order valence-corrected chi connectivity index (χ1v) is 4.78. The zero-order valence-corrected chi connectivity index (χ0v) is 9.11. The highest BCUT2D eigenvalue weighted by Crippen LogP contribution is 2.08. The van der Waals surface area contributed by atoms with Crippen LogP contribution in [0.15, 0.2) is 18.6 Å². The lowest BCUT2D eigenvalue weighted by molar-refractivity contribution is 0.199. The average molecular weight is 216 g/mol. The van der Waals surface area contributed by atoms with Crippen LogP contribution in [-0.2, 0) is 4.74 Å². The third kappa shape index (κ3) is 3.47. The smallest absolute Gasteiger partial charge is 0.131 e. The number of halogens is 1. The topological polar surface area (TPSA) is 38.2 Å². The summed E-state index contributed by atoms with van der Waals surface area (Å²) in [4.78, 5) is 9.93. The van der Waals surface area contributed by atoms with Gasteiger partial charge in [0.25, 0.3) is 0 Å². The molecule has 14 heavy (non-hydrogen) atoms. The van der Waals surface area contributed by atoms with Gasteiger partial charge in [0, 0.05) is 26.9 Å². The van der Waals surface area contributed by atoms with Crippen molar-refractivity contribution in [2.75, 3.05) is 32.2 Å². The molecule has 0 N–H and O–H groups in total. The summed E-state index contributed by atoms with van der Waals surface area (Å²) in [5, 5.41) is -0.0278. The van der Waals surface area contributed by atoms with Crippen LogP contribution < -0.4 is 4.90 Å². The van der Waals surface area contributed by atoms with Gasteiger partial charge in [-0.1, -0.05) is 0 Å². The Morgan fingerprint density at radius 2 is 2.43 bits per heavy atom. The second kappa shape index (κ2) is 5.78. The molecule has 1 rings (SSSR count). The van der Waals surface area contributed by atoms with Crippen LogP contribution in [-0.4, -0.2) is 42.7 Å². The Morgan fingerprint density at radius 3 is 3.00 bits per heavy atom. The van der Waals surface area contributed by atoms with E-state index in [0.717, 1.165) is 5.82 Å². The summed E-state index contributed by atoms with van der Waals surface area (Å²) in [5.74, 6) is 0.863. The second-order valence-electron chi connectivity index (χ2n) is 3.00. The summed E-state index contributed by atoms with van der Waals surface area (Å²) in [7, 11) is 3.58. The quantitative estimate of drug-likeness (QED) is 0.692. The van der Waals surface area contributed by atoms with Gasteiger partial charge in [0.15, 0.2) is 0 Å². The molecule has 0 amide bonds. The van der Waals surface area contributed by atoms with Crippen molar-refractivity contribution in [1.82, 2.24) is 9.97 Å². The monoisotopic (exact) mass is 215 g/mol. The summed E-state index contributed by atoms with van der Waals surface area (Å²) in [6.07, 6.45) is 3.23. The third-order valence-electron chi connectivity index (χ3n) is 1.78. The van der Waals surface area contributed by atoms with Crippen molar-refractivity contribution in [3.63, 3.8) is 0 Å². The average Bonchev–Trinajstić information content (AvgIpc) is 2.19. The molecule has 78 valence electrons. The predicted molar refractivity (Wildman–Crippen MR) is 56.8 cm³/mol. The van der Waals surface area contributed by atoms with Crippen molar-refractivity contribution in [1.29, 1.82) is 0 Å². The first-order chi connectivity index (χ1) is 6.74. The van der Waals surface area contributed by atoms with Gasteiger partial charge in [-0.2, -0.15) is 0 Å². The lowest BCUT2D eigenvalue weighted by atomic mass is 10.4. The Morgan fingerprint density at radius 1 is 1.64 bits per heavy atom. The summed E-state index contributed by atoms with van der Waals surface area (Å²) < 4.78 is 4.95. The van der Waals surface area contributed by atoms with E-state index in [9.17, 15) is 0 Å². The molecule has 5 heteroatoms. The standard InChI is InChI=1S/C9H14ClN3O/c1-13(5-8(10)6-14-2)9-3-4-11-7-12-9/h3-4,7-8H,5-6H2,1-2H3. The van der Waals surface area contributed by atoms with Crippen molar-refractivity contribution in [3.05, 3.63) is 18.6 Å². The maximum atomic E-state index is 6.02. The van der Waals surface area contributed by atoms with Gasteiger partial charge in [0.2, 0.25) is 0 Å². The minimum absolute atomic E-state index is 0.0278. The Balaban J connectivity index is 2.46. The van der Waals surface area contributed by atoms with E-state index in [4.69, 9.17) is 16.3 Å². The molecular formula is C9H14ClN3O. The molecule has 1 aromatic heterocycles. The Bertz CT molecular complexity index is 257. The molecule has 0 saturated heterocycles. The van der Waals surface area contributed by atoms with Crippen molar-refractivity contribution >= 4 is 17.4 Å². The predicted octanol–water partition coefficient (Wildman–Crippen LogP) is 1.17. The highest BCUT2D eigenvalue weighted by atomic mass is 35.5. The number of hydrogen-bond donors (Lipinski definition) is 0. The van der Waals surface area contributed by atoms with Crippen molar-refractivity contribution in [3.8, 4) is 0 Å². The van der Waals surface area contributed by atoms with Gasteiger partial charge >= 0.3 is 0 Å². The fraction of sp³-hybridized carbons (Fsp3) is 0.556. The molecule has 1 aromatic rings. The fourth-order valence-electron chi connectivity index (χ4n) is 1.13. The van der Waals surface area contributed by atoms with Crippen molar-refractivity contribution in [2.45, 2.75) is 5.38 Å². The summed E-state index contributed by atoms with van der Waals surface area (Å²) in [6.45, 7) is 1.24. The molecule has 0 fully saturated rings. The van der Waals surface area contributed by atoms with E-state index in [1.165, 1.54) is 6.33 Å². The SMILES string of the molecule is COCC(Cl)CN(C)c1ccncn1. The van der Waals surface area contributed by atoms with E-state index in [2.05, 4.69) is 9.97 Å². The van der Waals surface area contributed by atoms with Crippen LogP contribution in [0.3, 0.4) is 0 Å². The molecule has 0 aliphatic heterocycles. The van der Waals surface area contributed by atoms with E-state index < -0.39 is 0 Å². The van der Waals surface area contributed by atoms with Gasteiger partial charge in [0.1, 0.15) is 12.1 Å². The van der Waals surface area contributed by atoms with Gasteiger partial charge in [-0.15, -0.1) is 11.6 Å². The first-order valence-electron chi connectivity index (χ1n) is 4.34. The van der Waals surface area contributed by atoms with Crippen LogP contribution in [0.4, 0.5) is 5.82 Å². The normalized spacial score (nSPS) is 12.5. The summed E-state index contributed by atoms with van der Waals surface area (Å²) in [6, 6.07) is 1.84. The Hall–Kier alpha value is -0.870. The molecule has 1 atom stereocenters. The maximum Gasteiger partial charge on any atom is 0.131 e. The molecule has 0 saturated carbocycles. The molecule has 0 aromatic carbocycles. The van der Waals surface area contributed by atoms with Gasteiger partial charge < -0.3 is 9.64 Å². The van der Waals surface area contributed by atoms with Gasteiger partial charge in [-0.25, -0.2) is 9.97 Å². The number of ether oxygens (including phenoxy) is 1. The molecule has 0 aliphatic rings. The Labute approximate surface area is 88.9 Å². The number of hydrogen-bond acceptors (Lipinski definition) is 4. The molecule has 0 spiro atoms. The molecule has 0 aliphatic carbocycles. The number of methoxy groups -OCH3 is 1. The maximum absolute atomic E-state index is 6.02. The second-order valence-corrected chi connectivity index (χ2v) is 3.62. The van der Waals surface area contributed by atoms with Crippen LogP contribution in [0.25, 0.3) is 0 Å². The Kier molecular flexibility index (Phi) is 4.62. The lowest BCUT2D eigenvalue weighted by Crippen LogP contribution is -2.29. The number of nitrogens with zero attached hydrogens (tertiary/aromatic N) is 3. The fourth-order valence-corrected chi connectivity index (χ4v) is 1.47. The molecule has 0 radical (unpaired) electrons. The number of anilines is 1. The van der Waals surface area contributed by atoms with Crippen molar-refractivity contribution < 1.29 is 4.74 Å². The van der Waals surface area contributed by atoms with E-state index in [-0.39, 0.29) is 5.38 Å². The minimum Gasteiger partial charge on any atom is -0.383 e. The van der Waals surface area contributed by atoms with Gasteiger partial charge in [-0.05, 0) is 6.07 Å². The molecule has 4 nitrogen and oxygen atoms in total. The number of rotatable bonds is 5. The third-order valence-corrected chi connectivity index (χ3v) is 2.04. The highest BCUT2D eigenvalue weighted by Gasteiger charge is 2.09. The molecule has 1 heterocycles. The zero-order valence-electron chi connectivity index (χ0n) is 8.35. The van der Waals surface area contributed by atoms with E-state index in [0.29, 0.717) is 13.2 Å². The van der Waals surface area contributed by atoms with Gasteiger partial charge in [-0.3, -0.25) is 0 Å². The number of aromatic nitrogens is 2. The van der Waals surface area contributed by atoms with Crippen LogP contribution >= 0.6 is 11.6 Å². The van der Waals surface area contributed by atoms with E-state index >= 15 is 0 Å². The molecule has 1 unspecified atom stereocenters. The molecule has 0 bridgehead atoms. The zero-order chi connectivity index (χ0) is 10.4. The summed E-state index contributed by atoms with van der Waals surface area (Å²) in [5.41, 5.74) is 0. The van der Waals surface area contributed by atoms with Crippen LogP contribution in [0, 0.1) is 0 Å². The molecular weight excluding hydrogens is 202 g/mol. The minimum atomic E-state index is -0.0278. The number of alkyl halides is 1. The lowest BCUT2D eigenvalue weighted by Gasteiger charge is -2.20. The van der Waals surface area contributed by atoms with E-state index in [1.54, 1.807) is 13.3 Å². The first kappa shape index (κ1) is 11.2. The van der Waals surface area contributed by atoms with Crippen LogP contribution in [0.2, 0.25) is 0 Å². The summed E-state index contributed by atoms with van der Waals surface area (Å²) >= 11 is 6.02. The van der Waals surface area contributed by atoms with E-state index in [1.807, 2.05) is 18.0 Å². The van der Waals surface area contributed by atoms with Crippen molar-refractivity contribution in [2.24, 2.45) is 0 Å². The van der Waals surface area contributed by atoms with Crippen LogP contribution in [0.1, 0.15) is 0 Å².